The van der Waals surface area contributed by atoms with E-state index >= 15 is 0 Å². The van der Waals surface area contributed by atoms with Crippen LogP contribution in [0.25, 0.3) is 22.2 Å². The molecule has 2 N–H and O–H groups in total. The highest BCUT2D eigenvalue weighted by Crippen LogP contribution is 2.42. The first-order chi connectivity index (χ1) is 17.8. The van der Waals surface area contributed by atoms with Crippen molar-refractivity contribution in [3.05, 3.63) is 58.8 Å². The molecule has 0 aliphatic heterocycles. The first-order valence-corrected chi connectivity index (χ1v) is 12.4. The largest absolute Gasteiger partial charge is 0.479 e. The van der Waals surface area contributed by atoms with Crippen LogP contribution in [0, 0.1) is 5.82 Å². The Hall–Kier alpha value is -3.24. The number of hydrogen-bond donors (Lipinski definition) is 2. The second-order valence-corrected chi connectivity index (χ2v) is 9.61. The highest BCUT2D eigenvalue weighted by atomic mass is 35.5. The Morgan fingerprint density at radius 2 is 1.97 bits per heavy atom. The molecular weight excluding hydrogens is 509 g/mol. The van der Waals surface area contributed by atoms with E-state index in [0.29, 0.717) is 22.5 Å². The average Bonchev–Trinajstić information content (AvgIpc) is 3.50. The Bertz CT molecular complexity index is 1420. The van der Waals surface area contributed by atoms with Crippen molar-refractivity contribution in [1.82, 2.24) is 19.7 Å². The molecule has 0 radical (unpaired) electrons. The lowest BCUT2D eigenvalue weighted by atomic mass is 9.91. The lowest BCUT2D eigenvalue weighted by Crippen LogP contribution is -2.21. The number of halogens is 4. The maximum atomic E-state index is 14.3. The zero-order valence-corrected chi connectivity index (χ0v) is 21.0. The predicted octanol–water partition coefficient (Wildman–Crippen LogP) is 6.46. The van der Waals surface area contributed by atoms with Crippen molar-refractivity contribution in [3.63, 3.8) is 0 Å². The molecule has 37 heavy (non-hydrogen) atoms. The third-order valence-corrected chi connectivity index (χ3v) is 7.40. The van der Waals surface area contributed by atoms with Gasteiger partial charge in [0.25, 0.3) is 0 Å². The molecule has 1 aliphatic rings. The van der Waals surface area contributed by atoms with E-state index in [1.165, 1.54) is 0 Å². The first kappa shape index (κ1) is 25.4. The average molecular weight is 535 g/mol. The van der Waals surface area contributed by atoms with Crippen LogP contribution in [0.3, 0.4) is 0 Å². The molecule has 11 heteroatoms. The molecule has 0 saturated heterocycles. The van der Waals surface area contributed by atoms with Gasteiger partial charge < -0.3 is 19.6 Å². The number of aromatic amines is 1. The number of ether oxygens (including phenoxy) is 2. The quantitative estimate of drug-likeness (QED) is 0.284. The number of pyridine rings is 1. The van der Waals surface area contributed by atoms with Crippen LogP contribution in [0.15, 0.2) is 36.8 Å². The molecule has 0 bridgehead atoms. The number of rotatable bonds is 7. The number of aliphatic hydroxyl groups is 1. The van der Waals surface area contributed by atoms with Gasteiger partial charge in [0.05, 0.1) is 29.8 Å². The summed E-state index contributed by atoms with van der Waals surface area (Å²) >= 11 is 6.23. The molecule has 1 aliphatic carbocycles. The Morgan fingerprint density at radius 1 is 1.22 bits per heavy atom. The molecule has 3 heterocycles. The SMILES string of the molecule is COc1nn([C@H]2CC[C@H](O)CC2)cc1-c1cnc2[nH]cc([C@H](C)c3c(OC(F)F)ccc(F)c3Cl)c2c1. The van der Waals surface area contributed by atoms with Gasteiger partial charge in [-0.25, -0.2) is 9.37 Å². The molecule has 0 unspecified atom stereocenters. The number of benzene rings is 1. The number of aliphatic hydroxyl groups excluding tert-OH is 1. The van der Waals surface area contributed by atoms with Crippen molar-refractivity contribution in [3.8, 4) is 22.8 Å². The molecular formula is C26H26ClF3N4O3. The maximum absolute atomic E-state index is 14.3. The summed E-state index contributed by atoms with van der Waals surface area (Å²) in [6, 6.07) is 4.22. The normalized spacial score (nSPS) is 18.9. The van der Waals surface area contributed by atoms with Crippen molar-refractivity contribution >= 4 is 22.6 Å². The number of aromatic nitrogens is 4. The number of fused-ring (bicyclic) bond motifs is 1. The van der Waals surface area contributed by atoms with Crippen molar-refractivity contribution in [2.45, 2.75) is 57.3 Å². The van der Waals surface area contributed by atoms with E-state index in [4.69, 9.17) is 16.3 Å². The molecule has 1 aromatic carbocycles. The lowest BCUT2D eigenvalue weighted by Gasteiger charge is -2.25. The first-order valence-electron chi connectivity index (χ1n) is 12.0. The van der Waals surface area contributed by atoms with Gasteiger partial charge in [-0.3, -0.25) is 4.68 Å². The molecule has 1 atom stereocenters. The minimum Gasteiger partial charge on any atom is -0.479 e. The number of hydrogen-bond acceptors (Lipinski definition) is 5. The van der Waals surface area contributed by atoms with Crippen LogP contribution in [0.4, 0.5) is 13.2 Å². The van der Waals surface area contributed by atoms with E-state index in [9.17, 15) is 18.3 Å². The van der Waals surface area contributed by atoms with Crippen LogP contribution in [-0.2, 0) is 0 Å². The van der Waals surface area contributed by atoms with E-state index < -0.39 is 18.3 Å². The summed E-state index contributed by atoms with van der Waals surface area (Å²) in [6.07, 6.45) is 8.12. The zero-order chi connectivity index (χ0) is 26.3. The predicted molar refractivity (Wildman–Crippen MR) is 133 cm³/mol. The van der Waals surface area contributed by atoms with E-state index in [0.717, 1.165) is 48.9 Å². The van der Waals surface area contributed by atoms with Crippen molar-refractivity contribution < 1.29 is 27.8 Å². The maximum Gasteiger partial charge on any atom is 0.387 e. The van der Waals surface area contributed by atoms with Gasteiger partial charge in [-0.15, -0.1) is 5.10 Å². The smallest absolute Gasteiger partial charge is 0.387 e. The van der Waals surface area contributed by atoms with Gasteiger partial charge in [0, 0.05) is 41.0 Å². The van der Waals surface area contributed by atoms with Crippen LogP contribution < -0.4 is 9.47 Å². The standard InChI is InChI=1S/C26H26ClF3N4O3/c1-13(22-21(37-26(29)30)8-7-20(28)23(22)27)18-11-32-24-17(18)9-14(10-31-24)19-12-34(33-25(19)36-2)15-3-5-16(35)6-4-15/h7-13,15-16,26,35H,3-6H2,1-2H3,(H,31,32)/t13-,15-,16-/m0/s1. The topological polar surface area (TPSA) is 85.2 Å². The van der Waals surface area contributed by atoms with Crippen LogP contribution in [0.1, 0.15) is 55.7 Å². The van der Waals surface area contributed by atoms with Crippen molar-refractivity contribution in [2.75, 3.05) is 7.11 Å². The van der Waals surface area contributed by atoms with Gasteiger partial charge in [0.1, 0.15) is 17.2 Å². The zero-order valence-electron chi connectivity index (χ0n) is 20.2. The molecule has 4 aromatic rings. The second-order valence-electron chi connectivity index (χ2n) is 9.23. The number of H-pyrrole nitrogens is 1. The fourth-order valence-corrected chi connectivity index (χ4v) is 5.39. The third-order valence-electron chi connectivity index (χ3n) is 7.01. The summed E-state index contributed by atoms with van der Waals surface area (Å²) in [5.74, 6) is -1.07. The Kier molecular flexibility index (Phi) is 7.04. The Morgan fingerprint density at radius 3 is 2.68 bits per heavy atom. The Balaban J connectivity index is 1.55. The highest BCUT2D eigenvalue weighted by molar-refractivity contribution is 6.31. The van der Waals surface area contributed by atoms with E-state index in [1.54, 1.807) is 26.4 Å². The summed E-state index contributed by atoms with van der Waals surface area (Å²) < 4.78 is 52.5. The minimum atomic E-state index is -3.08. The third kappa shape index (κ3) is 4.87. The van der Waals surface area contributed by atoms with Crippen LogP contribution >= 0.6 is 11.6 Å². The summed E-state index contributed by atoms with van der Waals surface area (Å²) in [5, 5.41) is 14.9. The number of nitrogens with zero attached hydrogens (tertiary/aromatic N) is 3. The van der Waals surface area contributed by atoms with Crippen molar-refractivity contribution in [1.29, 1.82) is 0 Å². The molecule has 3 aromatic heterocycles. The van der Waals surface area contributed by atoms with Gasteiger partial charge in [0.2, 0.25) is 5.88 Å². The lowest BCUT2D eigenvalue weighted by molar-refractivity contribution is -0.0505. The highest BCUT2D eigenvalue weighted by Gasteiger charge is 2.26. The Labute approximate surface area is 216 Å². The summed E-state index contributed by atoms with van der Waals surface area (Å²) in [5.41, 5.74) is 2.87. The van der Waals surface area contributed by atoms with Crippen LogP contribution in [0.5, 0.6) is 11.6 Å². The van der Waals surface area contributed by atoms with E-state index in [-0.39, 0.29) is 28.5 Å². The molecule has 1 saturated carbocycles. The van der Waals surface area contributed by atoms with Gasteiger partial charge >= 0.3 is 6.61 Å². The number of methoxy groups -OCH3 is 1. The molecule has 1 fully saturated rings. The molecule has 5 rings (SSSR count). The van der Waals surface area contributed by atoms with Crippen LogP contribution in [-0.4, -0.2) is 44.7 Å². The summed E-state index contributed by atoms with van der Waals surface area (Å²) in [7, 11) is 1.55. The number of nitrogens with one attached hydrogen (secondary N) is 1. The minimum absolute atomic E-state index is 0.123. The summed E-state index contributed by atoms with van der Waals surface area (Å²) in [4.78, 5) is 7.62. The van der Waals surface area contributed by atoms with E-state index in [2.05, 4.69) is 19.8 Å². The molecule has 7 nitrogen and oxygen atoms in total. The van der Waals surface area contributed by atoms with Gasteiger partial charge in [0.15, 0.2) is 0 Å². The molecule has 196 valence electrons. The number of alkyl halides is 2. The van der Waals surface area contributed by atoms with E-state index in [1.807, 2.05) is 16.9 Å². The molecule has 0 amide bonds. The fraction of sp³-hybridized carbons (Fsp3) is 0.385. The van der Waals surface area contributed by atoms with Crippen LogP contribution in [0.2, 0.25) is 5.02 Å². The van der Waals surface area contributed by atoms with Gasteiger partial charge in [-0.1, -0.05) is 18.5 Å². The summed E-state index contributed by atoms with van der Waals surface area (Å²) in [6.45, 7) is -1.34. The van der Waals surface area contributed by atoms with Gasteiger partial charge in [-0.05, 0) is 49.4 Å². The fourth-order valence-electron chi connectivity index (χ4n) is 5.07. The van der Waals surface area contributed by atoms with Gasteiger partial charge in [-0.2, -0.15) is 8.78 Å². The second kappa shape index (κ2) is 10.3. The monoisotopic (exact) mass is 534 g/mol. The molecule has 0 spiro atoms. The van der Waals surface area contributed by atoms with Crippen molar-refractivity contribution in [2.24, 2.45) is 0 Å².